The maximum absolute atomic E-state index is 12.4. The van der Waals surface area contributed by atoms with E-state index in [2.05, 4.69) is 10.0 Å². The number of fused-ring (bicyclic) bond motifs is 1. The second kappa shape index (κ2) is 6.26. The Hall–Kier alpha value is -1.23. The number of nitrogens with one attached hydrogen (secondary N) is 2. The Morgan fingerprint density at radius 2 is 1.95 bits per heavy atom. The van der Waals surface area contributed by atoms with Crippen molar-refractivity contribution >= 4 is 21.4 Å². The van der Waals surface area contributed by atoms with Crippen LogP contribution in [0.25, 0.3) is 0 Å². The van der Waals surface area contributed by atoms with Gasteiger partial charge in [-0.3, -0.25) is 4.72 Å². The topological polar surface area (TPSA) is 58.2 Å². The largest absolute Gasteiger partial charge is 0.385 e. The molecular weight excluding hydrogens is 284 g/mol. The standard InChI is InChI=1S/C16H24N2O2S/c19-21(20,12-13-6-2-1-3-7-13)18-16-10-4-9-15-14(16)8-5-11-17-15/h4,9-10,13,17-18H,1-3,5-8,11-12H2. The van der Waals surface area contributed by atoms with Crippen LogP contribution in [0.5, 0.6) is 0 Å². The van der Waals surface area contributed by atoms with Crippen LogP contribution < -0.4 is 10.0 Å². The van der Waals surface area contributed by atoms with E-state index < -0.39 is 10.0 Å². The maximum Gasteiger partial charge on any atom is 0.233 e. The molecule has 0 radical (unpaired) electrons. The second-order valence-electron chi connectivity index (χ2n) is 6.25. The summed E-state index contributed by atoms with van der Waals surface area (Å²) < 4.78 is 27.7. The van der Waals surface area contributed by atoms with Crippen LogP contribution in [-0.4, -0.2) is 20.7 Å². The highest BCUT2D eigenvalue weighted by Crippen LogP contribution is 2.30. The van der Waals surface area contributed by atoms with Gasteiger partial charge in [0.05, 0.1) is 11.4 Å². The second-order valence-corrected chi connectivity index (χ2v) is 8.02. The summed E-state index contributed by atoms with van der Waals surface area (Å²) in [6.07, 6.45) is 7.68. The minimum atomic E-state index is -3.25. The highest BCUT2D eigenvalue weighted by Gasteiger charge is 2.23. The van der Waals surface area contributed by atoms with Crippen LogP contribution in [0.1, 0.15) is 44.1 Å². The molecule has 0 bridgehead atoms. The average Bonchev–Trinajstić information content (AvgIpc) is 2.48. The van der Waals surface area contributed by atoms with Crippen molar-refractivity contribution in [2.24, 2.45) is 5.92 Å². The zero-order chi connectivity index (χ0) is 14.7. The fourth-order valence-electron chi connectivity index (χ4n) is 3.48. The average molecular weight is 308 g/mol. The van der Waals surface area contributed by atoms with Crippen LogP contribution >= 0.6 is 0 Å². The summed E-state index contributed by atoms with van der Waals surface area (Å²) in [6, 6.07) is 5.81. The van der Waals surface area contributed by atoms with Gasteiger partial charge in [-0.25, -0.2) is 8.42 Å². The van der Waals surface area contributed by atoms with E-state index in [9.17, 15) is 8.42 Å². The fourth-order valence-corrected chi connectivity index (χ4v) is 5.04. The quantitative estimate of drug-likeness (QED) is 0.896. The first-order valence-electron chi connectivity index (χ1n) is 8.00. The van der Waals surface area contributed by atoms with Crippen LogP contribution in [0.15, 0.2) is 18.2 Å². The molecule has 1 heterocycles. The van der Waals surface area contributed by atoms with Gasteiger partial charge in [0.1, 0.15) is 0 Å². The Morgan fingerprint density at radius 3 is 2.76 bits per heavy atom. The highest BCUT2D eigenvalue weighted by atomic mass is 32.2. The molecule has 1 fully saturated rings. The summed E-state index contributed by atoms with van der Waals surface area (Å²) in [5.74, 6) is 0.596. The number of sulfonamides is 1. The van der Waals surface area contributed by atoms with Gasteiger partial charge in [-0.05, 0) is 49.3 Å². The molecule has 4 nitrogen and oxygen atoms in total. The van der Waals surface area contributed by atoms with Gasteiger partial charge in [-0.15, -0.1) is 0 Å². The Kier molecular flexibility index (Phi) is 4.38. The predicted octanol–water partition coefficient (Wildman–Crippen LogP) is 3.37. The van der Waals surface area contributed by atoms with Crippen molar-refractivity contribution in [3.8, 4) is 0 Å². The van der Waals surface area contributed by atoms with Gasteiger partial charge in [0.15, 0.2) is 0 Å². The molecule has 0 unspecified atom stereocenters. The normalized spacial score (nSPS) is 19.6. The smallest absolute Gasteiger partial charge is 0.233 e. The van der Waals surface area contributed by atoms with Crippen molar-refractivity contribution in [1.29, 1.82) is 0 Å². The van der Waals surface area contributed by atoms with E-state index in [1.807, 2.05) is 18.2 Å². The number of anilines is 2. The molecule has 0 spiro atoms. The molecule has 1 aliphatic heterocycles. The van der Waals surface area contributed by atoms with Gasteiger partial charge in [-0.2, -0.15) is 0 Å². The van der Waals surface area contributed by atoms with Crippen molar-refractivity contribution in [2.45, 2.75) is 44.9 Å². The van der Waals surface area contributed by atoms with E-state index in [4.69, 9.17) is 0 Å². The van der Waals surface area contributed by atoms with Gasteiger partial charge in [0.25, 0.3) is 0 Å². The monoisotopic (exact) mass is 308 g/mol. The van der Waals surface area contributed by atoms with Crippen LogP contribution in [-0.2, 0) is 16.4 Å². The maximum atomic E-state index is 12.4. The Bertz CT molecular complexity index is 592. The van der Waals surface area contributed by atoms with E-state index in [1.54, 1.807) is 0 Å². The SMILES string of the molecule is O=S(=O)(CC1CCCCC1)Nc1cccc2c1CCCN2. The van der Waals surface area contributed by atoms with Crippen LogP contribution in [0, 0.1) is 5.92 Å². The molecule has 1 saturated carbocycles. The van der Waals surface area contributed by atoms with Gasteiger partial charge in [0, 0.05) is 12.2 Å². The molecule has 1 aromatic rings. The minimum absolute atomic E-state index is 0.268. The lowest BCUT2D eigenvalue weighted by Crippen LogP contribution is -2.25. The van der Waals surface area contributed by atoms with Crippen molar-refractivity contribution in [2.75, 3.05) is 22.3 Å². The molecule has 2 N–H and O–H groups in total. The van der Waals surface area contributed by atoms with E-state index in [1.165, 1.54) is 19.3 Å². The molecule has 1 aromatic carbocycles. The lowest BCUT2D eigenvalue weighted by Gasteiger charge is -2.24. The van der Waals surface area contributed by atoms with E-state index in [-0.39, 0.29) is 5.75 Å². The van der Waals surface area contributed by atoms with Crippen LogP contribution in [0.4, 0.5) is 11.4 Å². The van der Waals surface area contributed by atoms with E-state index in [0.29, 0.717) is 5.92 Å². The predicted molar refractivity (Wildman–Crippen MR) is 87.2 cm³/mol. The molecular formula is C16H24N2O2S. The number of benzene rings is 1. The fraction of sp³-hybridized carbons (Fsp3) is 0.625. The van der Waals surface area contributed by atoms with Gasteiger partial charge < -0.3 is 5.32 Å². The van der Waals surface area contributed by atoms with E-state index >= 15 is 0 Å². The van der Waals surface area contributed by atoms with Crippen LogP contribution in [0.3, 0.4) is 0 Å². The van der Waals surface area contributed by atoms with Gasteiger partial charge in [-0.1, -0.05) is 25.3 Å². The van der Waals surface area contributed by atoms with Crippen molar-refractivity contribution in [1.82, 2.24) is 0 Å². The molecule has 2 aliphatic rings. The molecule has 0 amide bonds. The summed E-state index contributed by atoms with van der Waals surface area (Å²) in [7, 11) is -3.25. The Labute approximate surface area is 127 Å². The van der Waals surface area contributed by atoms with Gasteiger partial charge >= 0.3 is 0 Å². The molecule has 21 heavy (non-hydrogen) atoms. The van der Waals surface area contributed by atoms with Crippen LogP contribution in [0.2, 0.25) is 0 Å². The zero-order valence-electron chi connectivity index (χ0n) is 12.4. The molecule has 116 valence electrons. The van der Waals surface area contributed by atoms with E-state index in [0.717, 1.165) is 49.2 Å². The first-order chi connectivity index (χ1) is 10.1. The van der Waals surface area contributed by atoms with Crippen molar-refractivity contribution in [3.05, 3.63) is 23.8 Å². The third kappa shape index (κ3) is 3.70. The summed E-state index contributed by atoms with van der Waals surface area (Å²) in [5, 5.41) is 3.34. The zero-order valence-corrected chi connectivity index (χ0v) is 13.2. The molecule has 0 atom stereocenters. The summed E-state index contributed by atoms with van der Waals surface area (Å²) in [4.78, 5) is 0. The van der Waals surface area contributed by atoms with Crippen molar-refractivity contribution < 1.29 is 8.42 Å². The Morgan fingerprint density at radius 1 is 1.14 bits per heavy atom. The lowest BCUT2D eigenvalue weighted by molar-refractivity contribution is 0.385. The number of hydrogen-bond donors (Lipinski definition) is 2. The highest BCUT2D eigenvalue weighted by molar-refractivity contribution is 7.92. The molecule has 1 aliphatic carbocycles. The minimum Gasteiger partial charge on any atom is -0.385 e. The summed E-state index contributed by atoms with van der Waals surface area (Å²) in [5.41, 5.74) is 2.94. The molecule has 0 aromatic heterocycles. The number of hydrogen-bond acceptors (Lipinski definition) is 3. The first kappa shape index (κ1) is 14.7. The number of rotatable bonds is 4. The first-order valence-corrected chi connectivity index (χ1v) is 9.65. The summed E-state index contributed by atoms with van der Waals surface area (Å²) in [6.45, 7) is 0.964. The van der Waals surface area contributed by atoms with Gasteiger partial charge in [0.2, 0.25) is 10.0 Å². The molecule has 5 heteroatoms. The summed E-state index contributed by atoms with van der Waals surface area (Å²) >= 11 is 0. The molecule has 3 rings (SSSR count). The lowest BCUT2D eigenvalue weighted by atomic mass is 9.91. The third-order valence-corrected chi connectivity index (χ3v) is 5.98. The van der Waals surface area contributed by atoms with Crippen molar-refractivity contribution in [3.63, 3.8) is 0 Å². The third-order valence-electron chi connectivity index (χ3n) is 4.54. The Balaban J connectivity index is 1.73. The molecule has 0 saturated heterocycles.